The normalized spacial score (nSPS) is 12.0. The van der Waals surface area contributed by atoms with E-state index in [1.165, 1.54) is 17.3 Å². The lowest BCUT2D eigenvalue weighted by atomic mass is 10.0. The Labute approximate surface area is 193 Å². The summed E-state index contributed by atoms with van der Waals surface area (Å²) >= 11 is 1.42. The average Bonchev–Trinajstić information content (AvgIpc) is 3.24. The van der Waals surface area contributed by atoms with Crippen LogP contribution in [0.25, 0.3) is 22.5 Å². The van der Waals surface area contributed by atoms with Crippen LogP contribution in [0, 0.1) is 0 Å². The first-order valence-electron chi connectivity index (χ1n) is 10.8. The zero-order chi connectivity index (χ0) is 22.5. The maximum Gasteiger partial charge on any atom is 0.237 e. The number of aromatic amines is 1. The molecule has 1 heterocycles. The lowest BCUT2D eigenvalue weighted by Gasteiger charge is -2.12. The summed E-state index contributed by atoms with van der Waals surface area (Å²) in [6.45, 7) is 6.21. The van der Waals surface area contributed by atoms with Crippen LogP contribution in [-0.2, 0) is 4.79 Å². The van der Waals surface area contributed by atoms with E-state index < -0.39 is 0 Å². The molecule has 1 atom stereocenters. The Morgan fingerprint density at radius 3 is 2.03 bits per heavy atom. The minimum atomic E-state index is -0.307. The molecule has 1 aromatic heterocycles. The minimum Gasteiger partial charge on any atom is -0.332 e. The first kappa shape index (κ1) is 21.9. The molecule has 0 saturated heterocycles. The van der Waals surface area contributed by atoms with Gasteiger partial charge in [-0.25, -0.2) is 4.98 Å². The molecule has 5 heteroatoms. The number of anilines is 1. The second kappa shape index (κ2) is 9.88. The van der Waals surface area contributed by atoms with Crippen molar-refractivity contribution in [3.63, 3.8) is 0 Å². The Balaban J connectivity index is 1.53. The molecule has 4 rings (SSSR count). The number of aromatic nitrogens is 2. The highest BCUT2D eigenvalue weighted by atomic mass is 32.2. The molecule has 0 aliphatic rings. The Hall–Kier alpha value is -3.31. The molecular formula is C27H27N3OS. The fourth-order valence-corrected chi connectivity index (χ4v) is 4.25. The van der Waals surface area contributed by atoms with Crippen LogP contribution < -0.4 is 5.32 Å². The predicted molar refractivity (Wildman–Crippen MR) is 134 cm³/mol. The average molecular weight is 442 g/mol. The van der Waals surface area contributed by atoms with Gasteiger partial charge in [0.1, 0.15) is 0 Å². The SMILES string of the molecule is CC(Sc1nc(-c2ccccc2)c(-c2ccccc2)[nH]1)C(=O)Nc1ccc(C(C)C)cc1. The molecule has 0 bridgehead atoms. The molecule has 32 heavy (non-hydrogen) atoms. The number of hydrogen-bond acceptors (Lipinski definition) is 3. The van der Waals surface area contributed by atoms with E-state index in [4.69, 9.17) is 4.98 Å². The van der Waals surface area contributed by atoms with Crippen molar-refractivity contribution in [1.82, 2.24) is 9.97 Å². The van der Waals surface area contributed by atoms with Crippen molar-refractivity contribution in [3.8, 4) is 22.5 Å². The van der Waals surface area contributed by atoms with Gasteiger partial charge in [-0.3, -0.25) is 4.79 Å². The van der Waals surface area contributed by atoms with Gasteiger partial charge in [0, 0.05) is 16.8 Å². The summed E-state index contributed by atoms with van der Waals surface area (Å²) in [6, 6.07) is 28.3. The quantitative estimate of drug-likeness (QED) is 0.304. The van der Waals surface area contributed by atoms with Crippen molar-refractivity contribution >= 4 is 23.4 Å². The molecular weight excluding hydrogens is 414 g/mol. The molecule has 2 N–H and O–H groups in total. The molecule has 1 amide bonds. The molecule has 0 spiro atoms. The third-order valence-corrected chi connectivity index (χ3v) is 6.28. The number of benzene rings is 3. The first-order valence-corrected chi connectivity index (χ1v) is 11.7. The fraction of sp³-hybridized carbons (Fsp3) is 0.185. The Morgan fingerprint density at radius 1 is 0.844 bits per heavy atom. The van der Waals surface area contributed by atoms with Crippen LogP contribution >= 0.6 is 11.8 Å². The highest BCUT2D eigenvalue weighted by molar-refractivity contribution is 8.00. The maximum atomic E-state index is 12.8. The van der Waals surface area contributed by atoms with Crippen LogP contribution in [0.5, 0.6) is 0 Å². The van der Waals surface area contributed by atoms with Gasteiger partial charge in [0.05, 0.1) is 16.6 Å². The highest BCUT2D eigenvalue weighted by Crippen LogP contribution is 2.34. The van der Waals surface area contributed by atoms with Gasteiger partial charge in [-0.2, -0.15) is 0 Å². The molecule has 0 aliphatic carbocycles. The molecule has 0 fully saturated rings. The molecule has 4 nitrogen and oxygen atoms in total. The van der Waals surface area contributed by atoms with Crippen LogP contribution in [0.3, 0.4) is 0 Å². The zero-order valence-corrected chi connectivity index (χ0v) is 19.3. The molecule has 1 unspecified atom stereocenters. The van der Waals surface area contributed by atoms with Crippen LogP contribution in [-0.4, -0.2) is 21.1 Å². The van der Waals surface area contributed by atoms with E-state index in [-0.39, 0.29) is 11.2 Å². The van der Waals surface area contributed by atoms with Crippen LogP contribution in [0.2, 0.25) is 0 Å². The molecule has 0 aliphatic heterocycles. The topological polar surface area (TPSA) is 57.8 Å². The Morgan fingerprint density at radius 2 is 1.44 bits per heavy atom. The van der Waals surface area contributed by atoms with Gasteiger partial charge in [0.15, 0.2) is 5.16 Å². The van der Waals surface area contributed by atoms with E-state index in [1.807, 2.05) is 67.6 Å². The lowest BCUT2D eigenvalue weighted by Crippen LogP contribution is -2.22. The van der Waals surface area contributed by atoms with Crippen molar-refractivity contribution in [2.75, 3.05) is 5.32 Å². The predicted octanol–water partition coefficient (Wildman–Crippen LogP) is 6.99. The maximum absolute atomic E-state index is 12.8. The van der Waals surface area contributed by atoms with Crippen LogP contribution in [0.15, 0.2) is 90.1 Å². The first-order chi connectivity index (χ1) is 15.5. The van der Waals surface area contributed by atoms with E-state index >= 15 is 0 Å². The summed E-state index contributed by atoms with van der Waals surface area (Å²) in [5.74, 6) is 0.414. The second-order valence-electron chi connectivity index (χ2n) is 8.02. The van der Waals surface area contributed by atoms with Gasteiger partial charge < -0.3 is 10.3 Å². The van der Waals surface area contributed by atoms with E-state index in [1.54, 1.807) is 0 Å². The van der Waals surface area contributed by atoms with Gasteiger partial charge in [0.25, 0.3) is 0 Å². The monoisotopic (exact) mass is 441 g/mol. The third kappa shape index (κ3) is 5.11. The van der Waals surface area contributed by atoms with Crippen molar-refractivity contribution in [1.29, 1.82) is 0 Å². The molecule has 4 aromatic rings. The number of carbonyl (C=O) groups is 1. The number of nitrogens with zero attached hydrogens (tertiary/aromatic N) is 1. The summed E-state index contributed by atoms with van der Waals surface area (Å²) < 4.78 is 0. The number of hydrogen-bond donors (Lipinski definition) is 2. The third-order valence-electron chi connectivity index (χ3n) is 5.29. The number of rotatable bonds is 7. The van der Waals surface area contributed by atoms with Crippen molar-refractivity contribution in [3.05, 3.63) is 90.5 Å². The molecule has 0 saturated carbocycles. The van der Waals surface area contributed by atoms with Crippen molar-refractivity contribution < 1.29 is 4.79 Å². The fourth-order valence-electron chi connectivity index (χ4n) is 3.44. The smallest absolute Gasteiger partial charge is 0.237 e. The number of thioether (sulfide) groups is 1. The molecule has 0 radical (unpaired) electrons. The Kier molecular flexibility index (Phi) is 6.76. The highest BCUT2D eigenvalue weighted by Gasteiger charge is 2.20. The van der Waals surface area contributed by atoms with Gasteiger partial charge in [-0.1, -0.05) is 98.4 Å². The van der Waals surface area contributed by atoms with Gasteiger partial charge in [-0.05, 0) is 30.5 Å². The van der Waals surface area contributed by atoms with Gasteiger partial charge in [-0.15, -0.1) is 0 Å². The van der Waals surface area contributed by atoms with Crippen molar-refractivity contribution in [2.24, 2.45) is 0 Å². The summed E-state index contributed by atoms with van der Waals surface area (Å²) in [6.07, 6.45) is 0. The van der Waals surface area contributed by atoms with E-state index in [0.717, 1.165) is 33.4 Å². The van der Waals surface area contributed by atoms with E-state index in [9.17, 15) is 4.79 Å². The zero-order valence-electron chi connectivity index (χ0n) is 18.5. The lowest BCUT2D eigenvalue weighted by molar-refractivity contribution is -0.115. The Bertz CT molecular complexity index is 1110. The number of H-pyrrole nitrogens is 1. The van der Waals surface area contributed by atoms with Gasteiger partial charge >= 0.3 is 0 Å². The molecule has 3 aromatic carbocycles. The number of nitrogens with one attached hydrogen (secondary N) is 2. The summed E-state index contributed by atoms with van der Waals surface area (Å²) in [5, 5.41) is 3.43. The van der Waals surface area contributed by atoms with Crippen molar-refractivity contribution in [2.45, 2.75) is 37.1 Å². The number of imidazole rings is 1. The van der Waals surface area contributed by atoms with E-state index in [2.05, 4.69) is 48.4 Å². The second-order valence-corrected chi connectivity index (χ2v) is 9.35. The summed E-state index contributed by atoms with van der Waals surface area (Å²) in [5.41, 5.74) is 6.00. The summed E-state index contributed by atoms with van der Waals surface area (Å²) in [7, 11) is 0. The standard InChI is InChI=1S/C27H27N3OS/c1-18(2)20-14-16-23(17-15-20)28-26(31)19(3)32-27-29-24(21-10-6-4-7-11-21)25(30-27)22-12-8-5-9-13-22/h4-19H,1-3H3,(H,28,31)(H,29,30). The minimum absolute atomic E-state index is 0.0498. The summed E-state index contributed by atoms with van der Waals surface area (Å²) in [4.78, 5) is 21.1. The van der Waals surface area contributed by atoms with Crippen LogP contribution in [0.4, 0.5) is 5.69 Å². The number of amides is 1. The number of carbonyl (C=O) groups excluding carboxylic acids is 1. The largest absolute Gasteiger partial charge is 0.332 e. The van der Waals surface area contributed by atoms with Crippen LogP contribution in [0.1, 0.15) is 32.3 Å². The van der Waals surface area contributed by atoms with Gasteiger partial charge in [0.2, 0.25) is 5.91 Å². The van der Waals surface area contributed by atoms with E-state index in [0.29, 0.717) is 5.92 Å². The molecule has 162 valence electrons.